The topological polar surface area (TPSA) is 82.4 Å². The van der Waals surface area contributed by atoms with Gasteiger partial charge in [0.05, 0.1) is 17.4 Å². The molecule has 8 heteroatoms. The summed E-state index contributed by atoms with van der Waals surface area (Å²) in [5.74, 6) is 0.428. The minimum atomic E-state index is -0.712. The van der Waals surface area contributed by atoms with Gasteiger partial charge in [-0.3, -0.25) is 9.78 Å². The Bertz CT molecular complexity index is 1000. The molecule has 2 bridgehead atoms. The Kier molecular flexibility index (Phi) is 5.06. The van der Waals surface area contributed by atoms with Gasteiger partial charge in [-0.15, -0.1) is 0 Å². The number of carbonyl (C=O) groups is 1. The van der Waals surface area contributed by atoms with Gasteiger partial charge >= 0.3 is 0 Å². The molecule has 2 aromatic rings. The number of fused-ring (bicyclic) bond motifs is 2. The third kappa shape index (κ3) is 3.53. The van der Waals surface area contributed by atoms with E-state index < -0.39 is 5.60 Å². The number of hydrogen-bond acceptors (Lipinski definition) is 6. The van der Waals surface area contributed by atoms with Gasteiger partial charge in [-0.25, -0.2) is 9.37 Å². The molecule has 1 saturated carbocycles. The molecule has 160 valence electrons. The van der Waals surface area contributed by atoms with Gasteiger partial charge in [0.2, 0.25) is 5.91 Å². The molecule has 0 radical (unpaired) electrons. The summed E-state index contributed by atoms with van der Waals surface area (Å²) in [4.78, 5) is 25.4. The van der Waals surface area contributed by atoms with Crippen LogP contribution in [0.2, 0.25) is 0 Å². The van der Waals surface area contributed by atoms with Crippen LogP contribution in [0.5, 0.6) is 0 Å². The Hall–Kier alpha value is -3.05. The maximum absolute atomic E-state index is 14.3. The van der Waals surface area contributed by atoms with Gasteiger partial charge in [-0.1, -0.05) is 0 Å². The van der Waals surface area contributed by atoms with Crippen molar-refractivity contribution in [3.05, 3.63) is 53.7 Å². The minimum Gasteiger partial charge on any atom is -0.360 e. The normalized spacial score (nSPS) is 23.9. The van der Waals surface area contributed by atoms with Crippen LogP contribution in [0.4, 0.5) is 10.2 Å². The monoisotopic (exact) mass is 421 g/mol. The number of halogens is 1. The van der Waals surface area contributed by atoms with Crippen molar-refractivity contribution in [2.24, 2.45) is 0 Å². The zero-order chi connectivity index (χ0) is 21.4. The second-order valence-electron chi connectivity index (χ2n) is 8.60. The SMILES string of the molecule is N#Cc1ccc(N2C3CCC2CN(C(=O)COC2(c4ccncc4F)CCC2)C3)nc1. The lowest BCUT2D eigenvalue weighted by Gasteiger charge is -2.44. The quantitative estimate of drug-likeness (QED) is 0.738. The van der Waals surface area contributed by atoms with Gasteiger partial charge in [0.25, 0.3) is 0 Å². The average molecular weight is 421 g/mol. The first-order valence-corrected chi connectivity index (χ1v) is 10.8. The molecule has 3 fully saturated rings. The molecule has 0 aromatic carbocycles. The molecule has 7 nitrogen and oxygen atoms in total. The summed E-state index contributed by atoms with van der Waals surface area (Å²) in [6, 6.07) is 7.83. The molecule has 31 heavy (non-hydrogen) atoms. The van der Waals surface area contributed by atoms with E-state index in [0.717, 1.165) is 25.1 Å². The summed E-state index contributed by atoms with van der Waals surface area (Å²) >= 11 is 0. The Balaban J connectivity index is 1.24. The first-order chi connectivity index (χ1) is 15.1. The average Bonchev–Trinajstić information content (AvgIpc) is 3.03. The van der Waals surface area contributed by atoms with Crippen LogP contribution in [0.25, 0.3) is 0 Å². The number of rotatable bonds is 5. The number of carbonyl (C=O) groups excluding carboxylic acids is 1. The second kappa shape index (κ2) is 7.89. The van der Waals surface area contributed by atoms with Crippen molar-refractivity contribution in [1.29, 1.82) is 5.26 Å². The van der Waals surface area contributed by atoms with Gasteiger partial charge in [-0.05, 0) is 50.3 Å². The smallest absolute Gasteiger partial charge is 0.248 e. The Labute approximate surface area is 180 Å². The lowest BCUT2D eigenvalue weighted by Crippen LogP contribution is -2.56. The van der Waals surface area contributed by atoms with E-state index in [4.69, 9.17) is 10.00 Å². The molecule has 2 saturated heterocycles. The fourth-order valence-electron chi connectivity index (χ4n) is 5.11. The molecule has 2 aromatic heterocycles. The molecule has 2 aliphatic heterocycles. The number of ether oxygens (including phenoxy) is 1. The molecule has 1 amide bonds. The highest BCUT2D eigenvalue weighted by atomic mass is 19.1. The highest BCUT2D eigenvalue weighted by Crippen LogP contribution is 2.45. The summed E-state index contributed by atoms with van der Waals surface area (Å²) in [5.41, 5.74) is 0.326. The van der Waals surface area contributed by atoms with E-state index in [2.05, 4.69) is 20.9 Å². The Morgan fingerprint density at radius 2 is 2.00 bits per heavy atom. The molecular formula is C23H24FN5O2. The van der Waals surface area contributed by atoms with Crippen molar-refractivity contribution in [2.45, 2.75) is 49.8 Å². The zero-order valence-electron chi connectivity index (χ0n) is 17.2. The number of amides is 1. The third-order valence-corrected chi connectivity index (χ3v) is 6.87. The Morgan fingerprint density at radius 3 is 2.58 bits per heavy atom. The molecule has 4 heterocycles. The standard InChI is InChI=1S/C23H24FN5O2/c24-20-12-26-9-6-19(20)23(7-1-8-23)31-15-22(30)28-13-17-3-4-18(14-28)29(17)21-5-2-16(10-25)11-27-21/h2,5-6,9,11-12,17-18H,1,3-4,7-8,13-15H2. The maximum atomic E-state index is 14.3. The molecule has 2 unspecified atom stereocenters. The molecule has 0 spiro atoms. The fourth-order valence-corrected chi connectivity index (χ4v) is 5.11. The number of aromatic nitrogens is 2. The number of pyridine rings is 2. The fraction of sp³-hybridized carbons (Fsp3) is 0.478. The van der Waals surface area contributed by atoms with E-state index >= 15 is 0 Å². The summed E-state index contributed by atoms with van der Waals surface area (Å²) < 4.78 is 20.3. The van der Waals surface area contributed by atoms with E-state index in [1.165, 1.54) is 6.20 Å². The third-order valence-electron chi connectivity index (χ3n) is 6.87. The maximum Gasteiger partial charge on any atom is 0.248 e. The first kappa shape index (κ1) is 19.9. The molecular weight excluding hydrogens is 397 g/mol. The van der Waals surface area contributed by atoms with E-state index in [9.17, 15) is 9.18 Å². The highest BCUT2D eigenvalue weighted by Gasteiger charge is 2.44. The van der Waals surface area contributed by atoms with Crippen molar-refractivity contribution in [3.63, 3.8) is 0 Å². The van der Waals surface area contributed by atoms with Crippen molar-refractivity contribution in [1.82, 2.24) is 14.9 Å². The van der Waals surface area contributed by atoms with Gasteiger partial charge in [0.1, 0.15) is 24.3 Å². The summed E-state index contributed by atoms with van der Waals surface area (Å²) in [6.07, 6.45) is 8.75. The van der Waals surface area contributed by atoms with Gasteiger partial charge in [-0.2, -0.15) is 5.26 Å². The van der Waals surface area contributed by atoms with Crippen molar-refractivity contribution in [2.75, 3.05) is 24.6 Å². The van der Waals surface area contributed by atoms with Crippen LogP contribution in [0.3, 0.4) is 0 Å². The number of likely N-dealkylation sites (tertiary alicyclic amines) is 1. The Morgan fingerprint density at radius 1 is 1.23 bits per heavy atom. The molecule has 5 rings (SSSR count). The zero-order valence-corrected chi connectivity index (χ0v) is 17.2. The largest absolute Gasteiger partial charge is 0.360 e. The van der Waals surface area contributed by atoms with Crippen LogP contribution in [0.1, 0.15) is 43.2 Å². The van der Waals surface area contributed by atoms with E-state index in [1.54, 1.807) is 24.5 Å². The number of hydrogen-bond donors (Lipinski definition) is 0. The lowest BCUT2D eigenvalue weighted by atomic mass is 9.75. The highest BCUT2D eigenvalue weighted by molar-refractivity contribution is 5.78. The number of nitrogens with zero attached hydrogens (tertiary/aromatic N) is 5. The van der Waals surface area contributed by atoms with Crippen LogP contribution >= 0.6 is 0 Å². The molecule has 3 aliphatic rings. The predicted molar refractivity (Wildman–Crippen MR) is 110 cm³/mol. The number of piperazine rings is 1. The van der Waals surface area contributed by atoms with E-state index in [-0.39, 0.29) is 30.4 Å². The van der Waals surface area contributed by atoms with Crippen molar-refractivity contribution < 1.29 is 13.9 Å². The summed E-state index contributed by atoms with van der Waals surface area (Å²) in [7, 11) is 0. The summed E-state index contributed by atoms with van der Waals surface area (Å²) in [6.45, 7) is 1.20. The minimum absolute atomic E-state index is 0.0453. The van der Waals surface area contributed by atoms with E-state index in [1.807, 2.05) is 11.0 Å². The lowest BCUT2D eigenvalue weighted by molar-refractivity contribution is -0.155. The van der Waals surface area contributed by atoms with Gasteiger partial charge < -0.3 is 14.5 Å². The van der Waals surface area contributed by atoms with Crippen LogP contribution in [0, 0.1) is 17.1 Å². The molecule has 2 atom stereocenters. The van der Waals surface area contributed by atoms with Crippen LogP contribution in [-0.2, 0) is 15.1 Å². The molecule has 1 aliphatic carbocycles. The van der Waals surface area contributed by atoms with Gasteiger partial charge in [0.15, 0.2) is 0 Å². The first-order valence-electron chi connectivity index (χ1n) is 10.8. The predicted octanol–water partition coefficient (Wildman–Crippen LogP) is 2.76. The summed E-state index contributed by atoms with van der Waals surface area (Å²) in [5, 5.41) is 8.99. The second-order valence-corrected chi connectivity index (χ2v) is 8.60. The number of nitriles is 1. The number of anilines is 1. The van der Waals surface area contributed by atoms with Crippen LogP contribution in [-0.4, -0.2) is 52.6 Å². The van der Waals surface area contributed by atoms with E-state index in [0.29, 0.717) is 37.1 Å². The van der Waals surface area contributed by atoms with Crippen LogP contribution in [0.15, 0.2) is 36.8 Å². The molecule has 0 N–H and O–H groups in total. The van der Waals surface area contributed by atoms with Gasteiger partial charge in [0, 0.05) is 43.1 Å². The van der Waals surface area contributed by atoms with Crippen molar-refractivity contribution in [3.8, 4) is 6.07 Å². The van der Waals surface area contributed by atoms with Crippen molar-refractivity contribution >= 4 is 11.7 Å². The van der Waals surface area contributed by atoms with Crippen LogP contribution < -0.4 is 4.90 Å².